The monoisotopic (exact) mass is 389 g/mol. The van der Waals surface area contributed by atoms with Crippen LogP contribution in [0.3, 0.4) is 0 Å². The first-order valence-electron chi connectivity index (χ1n) is 9.29. The molecule has 0 radical (unpaired) electrons. The van der Waals surface area contributed by atoms with E-state index in [1.54, 1.807) is 0 Å². The first-order valence-corrected chi connectivity index (χ1v) is 9.67. The maximum absolute atomic E-state index is 13.1. The van der Waals surface area contributed by atoms with Crippen molar-refractivity contribution in [2.24, 2.45) is 0 Å². The number of benzene rings is 2. The average molecular weight is 390 g/mol. The highest BCUT2D eigenvalue weighted by Crippen LogP contribution is 2.23. The minimum absolute atomic E-state index is 0.124. The number of hydrogen-bond acceptors (Lipinski definition) is 3. The molecule has 1 aliphatic heterocycles. The first kappa shape index (κ1) is 19.8. The Morgan fingerprint density at radius 3 is 2.52 bits per heavy atom. The third-order valence-electron chi connectivity index (χ3n) is 5.08. The molecule has 1 atom stereocenters. The van der Waals surface area contributed by atoms with Crippen molar-refractivity contribution >= 4 is 23.2 Å². The van der Waals surface area contributed by atoms with Gasteiger partial charge in [0.15, 0.2) is 0 Å². The van der Waals surface area contributed by atoms with Crippen LogP contribution >= 0.6 is 11.6 Å². The van der Waals surface area contributed by atoms with Gasteiger partial charge in [-0.3, -0.25) is 9.69 Å². The normalized spacial score (nSPS) is 16.9. The van der Waals surface area contributed by atoms with E-state index < -0.39 is 5.82 Å². The van der Waals surface area contributed by atoms with Gasteiger partial charge in [-0.1, -0.05) is 41.9 Å². The lowest BCUT2D eigenvalue weighted by molar-refractivity contribution is -0.121. The van der Waals surface area contributed by atoms with Crippen molar-refractivity contribution in [1.29, 1.82) is 0 Å². The fourth-order valence-corrected chi connectivity index (χ4v) is 3.51. The Balaban J connectivity index is 1.46. The Kier molecular flexibility index (Phi) is 6.83. The number of halogens is 2. The zero-order valence-corrected chi connectivity index (χ0v) is 16.3. The van der Waals surface area contributed by atoms with Gasteiger partial charge in [0.25, 0.3) is 0 Å². The molecular formula is C21H25ClFN3O. The molecule has 3 rings (SSSR count). The highest BCUT2D eigenvalue weighted by atomic mass is 35.5. The maximum Gasteiger partial charge on any atom is 0.241 e. The van der Waals surface area contributed by atoms with Crippen LogP contribution in [0.2, 0.25) is 5.02 Å². The summed E-state index contributed by atoms with van der Waals surface area (Å²) in [5.41, 5.74) is 1.79. The van der Waals surface area contributed by atoms with Gasteiger partial charge in [-0.15, -0.1) is 0 Å². The van der Waals surface area contributed by atoms with Crippen molar-refractivity contribution in [3.8, 4) is 0 Å². The number of rotatable bonds is 6. The van der Waals surface area contributed by atoms with E-state index >= 15 is 0 Å². The molecule has 0 saturated carbocycles. The molecule has 1 saturated heterocycles. The Bertz CT molecular complexity index is 763. The lowest BCUT2D eigenvalue weighted by Crippen LogP contribution is -2.53. The highest BCUT2D eigenvalue weighted by molar-refractivity contribution is 6.33. The van der Waals surface area contributed by atoms with Crippen LogP contribution in [0.1, 0.15) is 12.5 Å². The predicted octanol–water partition coefficient (Wildman–Crippen LogP) is 3.67. The summed E-state index contributed by atoms with van der Waals surface area (Å²) in [6, 6.07) is 14.2. The molecule has 1 fully saturated rings. The van der Waals surface area contributed by atoms with E-state index in [1.807, 2.05) is 13.0 Å². The largest absolute Gasteiger partial charge is 0.323 e. The van der Waals surface area contributed by atoms with Crippen molar-refractivity contribution in [1.82, 2.24) is 9.80 Å². The number of carbonyl (C=O) groups excluding carboxylic acids is 1. The Hall–Kier alpha value is -1.95. The van der Waals surface area contributed by atoms with Crippen LogP contribution < -0.4 is 5.32 Å². The number of carbonyl (C=O) groups is 1. The fourth-order valence-electron chi connectivity index (χ4n) is 3.30. The summed E-state index contributed by atoms with van der Waals surface area (Å²) in [5, 5.41) is 3.01. The van der Waals surface area contributed by atoms with Gasteiger partial charge in [-0.05, 0) is 37.1 Å². The topological polar surface area (TPSA) is 35.6 Å². The van der Waals surface area contributed by atoms with E-state index in [2.05, 4.69) is 39.4 Å². The average Bonchev–Trinajstić information content (AvgIpc) is 2.69. The number of nitrogens with one attached hydrogen (secondary N) is 1. The van der Waals surface area contributed by atoms with Crippen LogP contribution in [0.25, 0.3) is 0 Å². The van der Waals surface area contributed by atoms with E-state index in [0.29, 0.717) is 5.69 Å². The second kappa shape index (κ2) is 9.31. The van der Waals surface area contributed by atoms with Gasteiger partial charge in [0.05, 0.1) is 16.8 Å². The maximum atomic E-state index is 13.1. The minimum atomic E-state index is -0.419. The molecule has 0 spiro atoms. The third-order valence-corrected chi connectivity index (χ3v) is 5.40. The van der Waals surface area contributed by atoms with E-state index in [0.717, 1.165) is 39.1 Å². The van der Waals surface area contributed by atoms with Crippen molar-refractivity contribution in [3.63, 3.8) is 0 Å². The van der Waals surface area contributed by atoms with E-state index in [-0.39, 0.29) is 17.0 Å². The first-order chi connectivity index (χ1) is 13.0. The number of nitrogens with zero attached hydrogens (tertiary/aromatic N) is 2. The van der Waals surface area contributed by atoms with Crippen LogP contribution in [0.4, 0.5) is 10.1 Å². The van der Waals surface area contributed by atoms with Gasteiger partial charge in [0.1, 0.15) is 5.82 Å². The fraction of sp³-hybridized carbons (Fsp3) is 0.381. The Morgan fingerprint density at radius 2 is 1.85 bits per heavy atom. The molecule has 1 amide bonds. The standard InChI is InChI=1S/C21H25ClFN3O/c1-16(21(27)24-20-8-7-18(23)15-19(20)22)26-13-11-25(12-14-26)10-9-17-5-3-2-4-6-17/h2-8,15-16H,9-14H2,1H3,(H,24,27)/t16-/m1/s1. The minimum Gasteiger partial charge on any atom is -0.323 e. The quantitative estimate of drug-likeness (QED) is 0.818. The molecule has 144 valence electrons. The van der Waals surface area contributed by atoms with Gasteiger partial charge in [-0.2, -0.15) is 0 Å². The summed E-state index contributed by atoms with van der Waals surface area (Å²) in [4.78, 5) is 17.1. The molecule has 2 aromatic rings. The molecule has 2 aromatic carbocycles. The molecule has 4 nitrogen and oxygen atoms in total. The van der Waals surface area contributed by atoms with Crippen LogP contribution in [0.5, 0.6) is 0 Å². The summed E-state index contributed by atoms with van der Waals surface area (Å²) in [6.45, 7) is 6.51. The second-order valence-electron chi connectivity index (χ2n) is 6.90. The van der Waals surface area contributed by atoms with Gasteiger partial charge in [-0.25, -0.2) is 4.39 Å². The molecule has 1 aliphatic rings. The van der Waals surface area contributed by atoms with Gasteiger partial charge < -0.3 is 10.2 Å². The Morgan fingerprint density at radius 1 is 1.15 bits per heavy atom. The van der Waals surface area contributed by atoms with Crippen LogP contribution in [-0.2, 0) is 11.2 Å². The van der Waals surface area contributed by atoms with Crippen molar-refractivity contribution in [2.75, 3.05) is 38.0 Å². The highest BCUT2D eigenvalue weighted by Gasteiger charge is 2.25. The molecule has 27 heavy (non-hydrogen) atoms. The Labute approximate surface area is 164 Å². The number of amides is 1. The molecule has 6 heteroatoms. The number of piperazine rings is 1. The molecule has 0 unspecified atom stereocenters. The summed E-state index contributed by atoms with van der Waals surface area (Å²) in [7, 11) is 0. The second-order valence-corrected chi connectivity index (χ2v) is 7.31. The lowest BCUT2D eigenvalue weighted by Gasteiger charge is -2.37. The number of hydrogen-bond donors (Lipinski definition) is 1. The third kappa shape index (κ3) is 5.51. The summed E-state index contributed by atoms with van der Waals surface area (Å²) in [6.07, 6.45) is 1.04. The molecule has 1 heterocycles. The van der Waals surface area contributed by atoms with Crippen molar-refractivity contribution in [2.45, 2.75) is 19.4 Å². The summed E-state index contributed by atoms with van der Waals surface area (Å²) in [5.74, 6) is -0.543. The molecular weight excluding hydrogens is 365 g/mol. The van der Waals surface area contributed by atoms with Crippen LogP contribution in [0.15, 0.2) is 48.5 Å². The zero-order valence-electron chi connectivity index (χ0n) is 15.5. The van der Waals surface area contributed by atoms with Crippen LogP contribution in [0, 0.1) is 5.82 Å². The van der Waals surface area contributed by atoms with E-state index in [9.17, 15) is 9.18 Å². The molecule has 0 aromatic heterocycles. The van der Waals surface area contributed by atoms with E-state index in [1.165, 1.54) is 23.8 Å². The SMILES string of the molecule is C[C@H](C(=O)Nc1ccc(F)cc1Cl)N1CCN(CCc2ccccc2)CC1. The van der Waals surface area contributed by atoms with Gasteiger partial charge in [0.2, 0.25) is 5.91 Å². The van der Waals surface area contributed by atoms with Crippen LogP contribution in [-0.4, -0.2) is 54.5 Å². The molecule has 0 bridgehead atoms. The lowest BCUT2D eigenvalue weighted by atomic mass is 10.1. The van der Waals surface area contributed by atoms with E-state index in [4.69, 9.17) is 11.6 Å². The number of anilines is 1. The van der Waals surface area contributed by atoms with Crippen molar-refractivity contribution < 1.29 is 9.18 Å². The summed E-state index contributed by atoms with van der Waals surface area (Å²) < 4.78 is 13.1. The molecule has 1 N–H and O–H groups in total. The molecule has 0 aliphatic carbocycles. The smallest absolute Gasteiger partial charge is 0.241 e. The predicted molar refractivity (Wildman–Crippen MR) is 108 cm³/mol. The van der Waals surface area contributed by atoms with Gasteiger partial charge >= 0.3 is 0 Å². The zero-order chi connectivity index (χ0) is 19.2. The van der Waals surface area contributed by atoms with Gasteiger partial charge in [0, 0.05) is 32.7 Å². The van der Waals surface area contributed by atoms with Crippen molar-refractivity contribution in [3.05, 3.63) is 64.9 Å². The summed E-state index contributed by atoms with van der Waals surface area (Å²) >= 11 is 5.99.